The van der Waals surface area contributed by atoms with E-state index in [-0.39, 0.29) is 0 Å². The first-order valence-corrected chi connectivity index (χ1v) is 6.53. The molecule has 96 valence electrons. The normalized spacial score (nSPS) is 22.2. The molecule has 1 fully saturated rings. The first-order valence-electron chi connectivity index (χ1n) is 6.53. The van der Waals surface area contributed by atoms with Gasteiger partial charge in [0.15, 0.2) is 0 Å². The highest BCUT2D eigenvalue weighted by atomic mass is 16.4. The minimum absolute atomic E-state index is 0.559. The smallest absolute Gasteiger partial charge is 0.208 e. The zero-order valence-corrected chi connectivity index (χ0v) is 11.1. The molecule has 0 bridgehead atoms. The van der Waals surface area contributed by atoms with Crippen LogP contribution in [0.3, 0.4) is 0 Å². The number of hydrogen-bond acceptors (Lipinski definition) is 4. The monoisotopic (exact) mass is 237 g/mol. The van der Waals surface area contributed by atoms with Crippen molar-refractivity contribution in [3.05, 3.63) is 17.8 Å². The van der Waals surface area contributed by atoms with E-state index >= 15 is 0 Å². The molecular formula is C13H23N3O. The highest BCUT2D eigenvalue weighted by molar-refractivity contribution is 4.91. The van der Waals surface area contributed by atoms with Crippen LogP contribution in [0.5, 0.6) is 0 Å². The maximum atomic E-state index is 5.53. The Hall–Kier alpha value is -0.870. The Morgan fingerprint density at radius 3 is 3.06 bits per heavy atom. The van der Waals surface area contributed by atoms with E-state index in [0.717, 1.165) is 31.3 Å². The largest absolute Gasteiger partial charge is 0.445 e. The van der Waals surface area contributed by atoms with E-state index in [1.54, 1.807) is 6.20 Å². The molecule has 1 unspecified atom stereocenters. The number of rotatable bonds is 4. The van der Waals surface area contributed by atoms with Gasteiger partial charge in [-0.05, 0) is 26.3 Å². The van der Waals surface area contributed by atoms with Gasteiger partial charge in [0.2, 0.25) is 5.89 Å². The quantitative estimate of drug-likeness (QED) is 0.869. The third kappa shape index (κ3) is 3.82. The van der Waals surface area contributed by atoms with Gasteiger partial charge >= 0.3 is 0 Å². The third-order valence-electron chi connectivity index (χ3n) is 3.10. The molecule has 17 heavy (non-hydrogen) atoms. The van der Waals surface area contributed by atoms with Gasteiger partial charge in [0.05, 0.1) is 12.7 Å². The zero-order valence-electron chi connectivity index (χ0n) is 11.1. The van der Waals surface area contributed by atoms with Crippen LogP contribution in [0.4, 0.5) is 0 Å². The van der Waals surface area contributed by atoms with Gasteiger partial charge < -0.3 is 9.73 Å². The molecule has 1 saturated heterocycles. The summed E-state index contributed by atoms with van der Waals surface area (Å²) in [6, 6.07) is 1.17. The summed E-state index contributed by atoms with van der Waals surface area (Å²) in [5.74, 6) is 1.74. The van der Waals surface area contributed by atoms with Gasteiger partial charge in [-0.1, -0.05) is 13.8 Å². The highest BCUT2D eigenvalue weighted by Crippen LogP contribution is 2.14. The highest BCUT2D eigenvalue weighted by Gasteiger charge is 2.21. The molecule has 1 aliphatic rings. The fraction of sp³-hybridized carbons (Fsp3) is 0.769. The molecule has 0 radical (unpaired) electrons. The maximum absolute atomic E-state index is 5.53. The second-order valence-electron chi connectivity index (χ2n) is 5.26. The van der Waals surface area contributed by atoms with Gasteiger partial charge in [-0.3, -0.25) is 4.90 Å². The van der Waals surface area contributed by atoms with Crippen LogP contribution in [0.1, 0.15) is 38.3 Å². The SMILES string of the molecule is Cc1cnc(CN2CCCC(NC(C)C)C2)o1. The molecule has 1 aromatic heterocycles. The Labute approximate surface area is 103 Å². The molecule has 2 rings (SSSR count). The summed E-state index contributed by atoms with van der Waals surface area (Å²) < 4.78 is 5.53. The molecule has 1 N–H and O–H groups in total. The van der Waals surface area contributed by atoms with Crippen molar-refractivity contribution in [3.8, 4) is 0 Å². The lowest BCUT2D eigenvalue weighted by Gasteiger charge is -2.33. The molecule has 4 heteroatoms. The van der Waals surface area contributed by atoms with Gasteiger partial charge in [0.25, 0.3) is 0 Å². The van der Waals surface area contributed by atoms with Crippen LogP contribution >= 0.6 is 0 Å². The predicted molar refractivity (Wildman–Crippen MR) is 67.8 cm³/mol. The van der Waals surface area contributed by atoms with Crippen molar-refractivity contribution in [1.82, 2.24) is 15.2 Å². The van der Waals surface area contributed by atoms with Crippen molar-refractivity contribution in [3.63, 3.8) is 0 Å². The molecule has 0 aromatic carbocycles. The predicted octanol–water partition coefficient (Wildman–Crippen LogP) is 1.95. The molecule has 0 aliphatic carbocycles. The minimum atomic E-state index is 0.559. The molecular weight excluding hydrogens is 214 g/mol. The van der Waals surface area contributed by atoms with Crippen LogP contribution in [0.25, 0.3) is 0 Å². The molecule has 1 atom stereocenters. The fourth-order valence-corrected chi connectivity index (χ4v) is 2.47. The second kappa shape index (κ2) is 5.65. The van der Waals surface area contributed by atoms with Crippen LogP contribution in [-0.4, -0.2) is 35.1 Å². The minimum Gasteiger partial charge on any atom is -0.445 e. The molecule has 0 spiro atoms. The fourth-order valence-electron chi connectivity index (χ4n) is 2.47. The first-order chi connectivity index (χ1) is 8.13. The van der Waals surface area contributed by atoms with Crippen LogP contribution < -0.4 is 5.32 Å². The summed E-state index contributed by atoms with van der Waals surface area (Å²) in [4.78, 5) is 6.69. The van der Waals surface area contributed by atoms with Crippen LogP contribution in [0.15, 0.2) is 10.6 Å². The van der Waals surface area contributed by atoms with Gasteiger partial charge in [0, 0.05) is 18.6 Å². The van der Waals surface area contributed by atoms with E-state index in [9.17, 15) is 0 Å². The van der Waals surface area contributed by atoms with Gasteiger partial charge in [-0.2, -0.15) is 0 Å². The Kier molecular flexibility index (Phi) is 4.18. The Morgan fingerprint density at radius 1 is 1.59 bits per heavy atom. The number of aryl methyl sites for hydroxylation is 1. The summed E-state index contributed by atoms with van der Waals surface area (Å²) >= 11 is 0. The van der Waals surface area contributed by atoms with E-state index in [4.69, 9.17) is 4.42 Å². The standard InChI is InChI=1S/C13H23N3O/c1-10(2)15-12-5-4-6-16(8-12)9-13-14-7-11(3)17-13/h7,10,12,15H,4-6,8-9H2,1-3H3. The number of likely N-dealkylation sites (tertiary alicyclic amines) is 1. The Balaban J connectivity index is 1.85. The summed E-state index contributed by atoms with van der Waals surface area (Å²) in [7, 11) is 0. The van der Waals surface area contributed by atoms with E-state index in [0.29, 0.717) is 12.1 Å². The van der Waals surface area contributed by atoms with Crippen LogP contribution in [0, 0.1) is 6.92 Å². The second-order valence-corrected chi connectivity index (χ2v) is 5.26. The number of hydrogen-bond donors (Lipinski definition) is 1. The Bertz CT molecular complexity index is 348. The van der Waals surface area contributed by atoms with E-state index in [1.165, 1.54) is 12.8 Å². The topological polar surface area (TPSA) is 41.3 Å². The van der Waals surface area contributed by atoms with E-state index in [1.807, 2.05) is 6.92 Å². The Morgan fingerprint density at radius 2 is 2.41 bits per heavy atom. The number of nitrogens with zero attached hydrogens (tertiary/aromatic N) is 2. The molecule has 4 nitrogen and oxygen atoms in total. The summed E-state index contributed by atoms with van der Waals surface area (Å²) in [5, 5.41) is 3.61. The molecule has 1 aliphatic heterocycles. The number of nitrogens with one attached hydrogen (secondary N) is 1. The molecule has 0 saturated carbocycles. The number of oxazole rings is 1. The van der Waals surface area contributed by atoms with E-state index < -0.39 is 0 Å². The van der Waals surface area contributed by atoms with E-state index in [2.05, 4.69) is 29.0 Å². The summed E-state index contributed by atoms with van der Waals surface area (Å²) in [6.45, 7) is 9.43. The molecule has 1 aromatic rings. The van der Waals surface area contributed by atoms with Crippen LogP contribution in [-0.2, 0) is 6.54 Å². The lowest BCUT2D eigenvalue weighted by atomic mass is 10.1. The van der Waals surface area contributed by atoms with Crippen molar-refractivity contribution in [2.75, 3.05) is 13.1 Å². The zero-order chi connectivity index (χ0) is 12.3. The van der Waals surface area contributed by atoms with Crippen molar-refractivity contribution < 1.29 is 4.42 Å². The van der Waals surface area contributed by atoms with Crippen molar-refractivity contribution in [2.24, 2.45) is 0 Å². The van der Waals surface area contributed by atoms with Gasteiger partial charge in [0.1, 0.15) is 5.76 Å². The molecule has 2 heterocycles. The third-order valence-corrected chi connectivity index (χ3v) is 3.10. The average Bonchev–Trinajstić information content (AvgIpc) is 2.63. The van der Waals surface area contributed by atoms with Gasteiger partial charge in [-0.25, -0.2) is 4.98 Å². The van der Waals surface area contributed by atoms with Crippen molar-refractivity contribution in [2.45, 2.75) is 52.2 Å². The van der Waals surface area contributed by atoms with Crippen LogP contribution in [0.2, 0.25) is 0 Å². The van der Waals surface area contributed by atoms with Crippen molar-refractivity contribution >= 4 is 0 Å². The average molecular weight is 237 g/mol. The first kappa shape index (κ1) is 12.6. The maximum Gasteiger partial charge on any atom is 0.208 e. The summed E-state index contributed by atoms with van der Waals surface area (Å²) in [6.07, 6.45) is 4.33. The molecule has 0 amide bonds. The van der Waals surface area contributed by atoms with Gasteiger partial charge in [-0.15, -0.1) is 0 Å². The lowest BCUT2D eigenvalue weighted by Crippen LogP contribution is -2.47. The number of aromatic nitrogens is 1. The summed E-state index contributed by atoms with van der Waals surface area (Å²) in [5.41, 5.74) is 0. The van der Waals surface area contributed by atoms with Crippen molar-refractivity contribution in [1.29, 1.82) is 0 Å². The number of piperidine rings is 1. The lowest BCUT2D eigenvalue weighted by molar-refractivity contribution is 0.164.